The Labute approximate surface area is 63.2 Å². The Bertz CT molecular complexity index is 117. The number of hydrogen-bond acceptors (Lipinski definition) is 2. The minimum atomic E-state index is 0.269. The van der Waals surface area contributed by atoms with Gasteiger partial charge in [0.2, 0.25) is 0 Å². The zero-order valence-electron chi connectivity index (χ0n) is 7.35. The van der Waals surface area contributed by atoms with E-state index in [9.17, 15) is 0 Å². The molecule has 0 aliphatic carbocycles. The van der Waals surface area contributed by atoms with E-state index in [-0.39, 0.29) is 5.54 Å². The molecule has 1 saturated heterocycles. The normalized spacial score (nSPS) is 29.4. The molecular weight excluding hydrogens is 126 g/mol. The van der Waals surface area contributed by atoms with E-state index in [4.69, 9.17) is 4.74 Å². The Kier molecular flexibility index (Phi) is 2.02. The van der Waals surface area contributed by atoms with Gasteiger partial charge in [-0.1, -0.05) is 0 Å². The number of ether oxygens (including phenoxy) is 1. The average molecular weight is 143 g/mol. The molecule has 0 radical (unpaired) electrons. The maximum absolute atomic E-state index is 5.42. The zero-order chi connectivity index (χ0) is 7.78. The van der Waals surface area contributed by atoms with Crippen molar-refractivity contribution in [3.63, 3.8) is 0 Å². The van der Waals surface area contributed by atoms with Crippen LogP contribution in [0.3, 0.4) is 0 Å². The van der Waals surface area contributed by atoms with Crippen molar-refractivity contribution in [3.05, 3.63) is 0 Å². The highest BCUT2D eigenvalue weighted by Gasteiger charge is 2.28. The average Bonchev–Trinajstić information content (AvgIpc) is 2.11. The minimum absolute atomic E-state index is 0.269. The highest BCUT2D eigenvalue weighted by atomic mass is 16.5. The summed E-state index contributed by atoms with van der Waals surface area (Å²) in [5, 5.41) is 0. The van der Waals surface area contributed by atoms with Gasteiger partial charge in [-0.25, -0.2) is 0 Å². The van der Waals surface area contributed by atoms with E-state index in [0.29, 0.717) is 6.10 Å². The molecule has 0 bridgehead atoms. The van der Waals surface area contributed by atoms with E-state index < -0.39 is 0 Å². The Hall–Kier alpha value is -0.0800. The summed E-state index contributed by atoms with van der Waals surface area (Å²) in [6, 6.07) is 0. The fraction of sp³-hybridized carbons (Fsp3) is 1.00. The van der Waals surface area contributed by atoms with Crippen LogP contribution in [-0.2, 0) is 4.74 Å². The molecule has 1 unspecified atom stereocenters. The first-order valence-corrected chi connectivity index (χ1v) is 3.87. The minimum Gasteiger partial charge on any atom is -0.362 e. The first-order chi connectivity index (χ1) is 4.50. The van der Waals surface area contributed by atoms with Gasteiger partial charge in [-0.3, -0.25) is 4.90 Å². The van der Waals surface area contributed by atoms with E-state index in [1.807, 2.05) is 0 Å². The van der Waals surface area contributed by atoms with Crippen LogP contribution in [0.1, 0.15) is 27.7 Å². The Morgan fingerprint density at radius 1 is 1.40 bits per heavy atom. The summed E-state index contributed by atoms with van der Waals surface area (Å²) in [6.45, 7) is 10.6. The van der Waals surface area contributed by atoms with E-state index >= 15 is 0 Å². The molecule has 0 saturated carbocycles. The van der Waals surface area contributed by atoms with Crippen molar-refractivity contribution in [1.29, 1.82) is 0 Å². The van der Waals surface area contributed by atoms with Crippen LogP contribution in [0.25, 0.3) is 0 Å². The molecule has 1 atom stereocenters. The summed E-state index contributed by atoms with van der Waals surface area (Å²) in [5.41, 5.74) is 0.269. The molecule has 10 heavy (non-hydrogen) atoms. The monoisotopic (exact) mass is 143 g/mol. The van der Waals surface area contributed by atoms with Crippen molar-refractivity contribution in [2.75, 3.05) is 13.3 Å². The van der Waals surface area contributed by atoms with Gasteiger partial charge in [0.15, 0.2) is 0 Å². The fourth-order valence-electron chi connectivity index (χ4n) is 1.10. The second kappa shape index (κ2) is 2.51. The quantitative estimate of drug-likeness (QED) is 0.509. The summed E-state index contributed by atoms with van der Waals surface area (Å²) in [6.07, 6.45) is 0.416. The summed E-state index contributed by atoms with van der Waals surface area (Å²) in [7, 11) is 0. The lowest BCUT2D eigenvalue weighted by molar-refractivity contribution is 0.0660. The standard InChI is InChI=1S/C8H17NO/c1-7-5-9(6-10-7)8(2,3)4/h7H,5-6H2,1-4H3. The van der Waals surface area contributed by atoms with Crippen molar-refractivity contribution in [2.45, 2.75) is 39.3 Å². The zero-order valence-corrected chi connectivity index (χ0v) is 7.35. The Balaban J connectivity index is 2.45. The van der Waals surface area contributed by atoms with Crippen LogP contribution in [0.5, 0.6) is 0 Å². The van der Waals surface area contributed by atoms with Gasteiger partial charge >= 0.3 is 0 Å². The molecule has 60 valence electrons. The number of rotatable bonds is 0. The molecule has 1 aliphatic heterocycles. The lowest BCUT2D eigenvalue weighted by atomic mass is 10.1. The molecule has 1 heterocycles. The van der Waals surface area contributed by atoms with Crippen LogP contribution in [0.15, 0.2) is 0 Å². The summed E-state index contributed by atoms with van der Waals surface area (Å²) < 4.78 is 5.42. The fourth-order valence-corrected chi connectivity index (χ4v) is 1.10. The van der Waals surface area contributed by atoms with Crippen LogP contribution in [0.4, 0.5) is 0 Å². The highest BCUT2D eigenvalue weighted by molar-refractivity contribution is 4.79. The summed E-state index contributed by atoms with van der Waals surface area (Å²) in [5.74, 6) is 0. The maximum Gasteiger partial charge on any atom is 0.0999 e. The molecule has 0 aromatic carbocycles. The molecule has 0 spiro atoms. The number of hydrogen-bond donors (Lipinski definition) is 0. The van der Waals surface area contributed by atoms with Gasteiger partial charge in [0.05, 0.1) is 12.8 Å². The molecule has 1 aliphatic rings. The molecule has 1 fully saturated rings. The first kappa shape index (κ1) is 8.02. The molecule has 1 rings (SSSR count). The summed E-state index contributed by atoms with van der Waals surface area (Å²) in [4.78, 5) is 2.34. The third kappa shape index (κ3) is 1.70. The van der Waals surface area contributed by atoms with Crippen LogP contribution in [0, 0.1) is 0 Å². The third-order valence-corrected chi connectivity index (χ3v) is 1.94. The van der Waals surface area contributed by atoms with Crippen LogP contribution >= 0.6 is 0 Å². The smallest absolute Gasteiger partial charge is 0.0999 e. The van der Waals surface area contributed by atoms with E-state index in [1.54, 1.807) is 0 Å². The number of nitrogens with zero attached hydrogens (tertiary/aromatic N) is 1. The molecule has 0 aromatic rings. The van der Waals surface area contributed by atoms with Gasteiger partial charge in [-0.15, -0.1) is 0 Å². The molecule has 2 nitrogen and oxygen atoms in total. The molecular formula is C8H17NO. The van der Waals surface area contributed by atoms with Gasteiger partial charge in [-0.05, 0) is 27.7 Å². The predicted octanol–water partition coefficient (Wildman–Crippen LogP) is 1.46. The summed E-state index contributed by atoms with van der Waals surface area (Å²) >= 11 is 0. The van der Waals surface area contributed by atoms with Gasteiger partial charge in [0.1, 0.15) is 0 Å². The molecule has 2 heteroatoms. The molecule has 0 aromatic heterocycles. The van der Waals surface area contributed by atoms with Gasteiger partial charge in [0.25, 0.3) is 0 Å². The van der Waals surface area contributed by atoms with Gasteiger partial charge in [-0.2, -0.15) is 0 Å². The van der Waals surface area contributed by atoms with Crippen molar-refractivity contribution in [3.8, 4) is 0 Å². The van der Waals surface area contributed by atoms with Crippen LogP contribution in [-0.4, -0.2) is 29.8 Å². The van der Waals surface area contributed by atoms with Crippen molar-refractivity contribution >= 4 is 0 Å². The van der Waals surface area contributed by atoms with E-state index in [2.05, 4.69) is 32.6 Å². The predicted molar refractivity (Wildman–Crippen MR) is 41.9 cm³/mol. The second-order valence-electron chi connectivity index (χ2n) is 4.00. The lowest BCUT2D eigenvalue weighted by Crippen LogP contribution is -2.39. The maximum atomic E-state index is 5.42. The topological polar surface area (TPSA) is 12.5 Å². The SMILES string of the molecule is CC1CN(C(C)(C)C)CO1. The van der Waals surface area contributed by atoms with E-state index in [1.165, 1.54) is 0 Å². The highest BCUT2D eigenvalue weighted by Crippen LogP contribution is 2.18. The van der Waals surface area contributed by atoms with Crippen LogP contribution < -0.4 is 0 Å². The van der Waals surface area contributed by atoms with E-state index in [0.717, 1.165) is 13.3 Å². The third-order valence-electron chi connectivity index (χ3n) is 1.94. The van der Waals surface area contributed by atoms with Crippen molar-refractivity contribution in [2.24, 2.45) is 0 Å². The lowest BCUT2D eigenvalue weighted by Gasteiger charge is -2.29. The first-order valence-electron chi connectivity index (χ1n) is 3.87. The molecule has 0 N–H and O–H groups in total. The Morgan fingerprint density at radius 2 is 2.00 bits per heavy atom. The van der Waals surface area contributed by atoms with Crippen molar-refractivity contribution < 1.29 is 4.74 Å². The Morgan fingerprint density at radius 3 is 2.20 bits per heavy atom. The largest absolute Gasteiger partial charge is 0.362 e. The van der Waals surface area contributed by atoms with Gasteiger partial charge in [0, 0.05) is 12.1 Å². The molecule has 0 amide bonds. The van der Waals surface area contributed by atoms with Gasteiger partial charge < -0.3 is 4.74 Å². The van der Waals surface area contributed by atoms with Crippen molar-refractivity contribution in [1.82, 2.24) is 4.90 Å². The second-order valence-corrected chi connectivity index (χ2v) is 4.00. The van der Waals surface area contributed by atoms with Crippen LogP contribution in [0.2, 0.25) is 0 Å².